The van der Waals surface area contributed by atoms with Crippen molar-refractivity contribution in [2.45, 2.75) is 95.8 Å². The molecule has 5 amide bonds. The van der Waals surface area contributed by atoms with Crippen molar-refractivity contribution in [2.75, 3.05) is 25.1 Å². The number of nitrogens with one attached hydrogen (secondary N) is 3. The highest BCUT2D eigenvalue weighted by Gasteiger charge is 2.43. The van der Waals surface area contributed by atoms with Gasteiger partial charge in [-0.3, -0.25) is 24.4 Å². The van der Waals surface area contributed by atoms with Gasteiger partial charge in [-0.15, -0.1) is 0 Å². The van der Waals surface area contributed by atoms with Crippen LogP contribution in [0.2, 0.25) is 0 Å². The van der Waals surface area contributed by atoms with Gasteiger partial charge in [-0.1, -0.05) is 56.3 Å². The monoisotopic (exact) mass is 799 g/mol. The Balaban J connectivity index is 1.32. The second-order valence-electron chi connectivity index (χ2n) is 14.9. The molecule has 2 aromatic rings. The number of primary amides is 1. The smallest absolute Gasteiger partial charge is 0.412 e. The van der Waals surface area contributed by atoms with Crippen molar-refractivity contribution in [1.82, 2.24) is 14.9 Å². The summed E-state index contributed by atoms with van der Waals surface area (Å²) in [7, 11) is -3.62. The van der Waals surface area contributed by atoms with Crippen molar-refractivity contribution in [3.8, 4) is 11.5 Å². The van der Waals surface area contributed by atoms with Crippen LogP contribution in [0.4, 0.5) is 15.3 Å². The van der Waals surface area contributed by atoms with E-state index in [0.29, 0.717) is 42.9 Å². The predicted molar refractivity (Wildman–Crippen MR) is 207 cm³/mol. The van der Waals surface area contributed by atoms with Crippen molar-refractivity contribution >= 4 is 45.6 Å². The highest BCUT2D eigenvalue weighted by molar-refractivity contribution is 7.90. The number of allylic oxidation sites excluding steroid dienone is 2. The summed E-state index contributed by atoms with van der Waals surface area (Å²) in [5, 5.41) is 4.70. The van der Waals surface area contributed by atoms with E-state index in [0.717, 1.165) is 4.90 Å². The fraction of sp³-hybridized carbons (Fsp3) is 0.513. The van der Waals surface area contributed by atoms with Crippen LogP contribution in [-0.4, -0.2) is 92.0 Å². The maximum atomic E-state index is 13.9. The van der Waals surface area contributed by atoms with E-state index in [1.807, 2.05) is 37.3 Å². The molecule has 1 aliphatic heterocycles. The summed E-state index contributed by atoms with van der Waals surface area (Å²) in [4.78, 5) is 65.8. The molecule has 2 fully saturated rings. The number of amides is 5. The molecular formula is C39H53N5O11S. The van der Waals surface area contributed by atoms with Gasteiger partial charge in [-0.05, 0) is 76.6 Å². The van der Waals surface area contributed by atoms with Crippen LogP contribution in [0.1, 0.15) is 66.7 Å². The van der Waals surface area contributed by atoms with E-state index in [-0.39, 0.29) is 32.1 Å². The van der Waals surface area contributed by atoms with Gasteiger partial charge in [-0.25, -0.2) is 18.0 Å². The number of anilines is 1. The molecule has 16 nitrogen and oxygen atoms in total. The zero-order valence-corrected chi connectivity index (χ0v) is 33.2. The van der Waals surface area contributed by atoms with Crippen molar-refractivity contribution in [3.63, 3.8) is 0 Å². The molecule has 56 heavy (non-hydrogen) atoms. The highest BCUT2D eigenvalue weighted by Crippen LogP contribution is 2.30. The molecule has 1 heterocycles. The minimum atomic E-state index is -3.62. The topological polar surface area (TPSA) is 222 Å². The number of alkyl carbamates (subject to hydrolysis) is 1. The Morgan fingerprint density at radius 3 is 2.32 bits per heavy atom. The third-order valence-corrected chi connectivity index (χ3v) is 10.9. The van der Waals surface area contributed by atoms with E-state index in [1.54, 1.807) is 64.1 Å². The lowest BCUT2D eigenvalue weighted by atomic mass is 9.95. The largest absolute Gasteiger partial charge is 0.455 e. The molecule has 5 N–H and O–H groups in total. The molecule has 1 saturated carbocycles. The zero-order valence-electron chi connectivity index (χ0n) is 32.4. The summed E-state index contributed by atoms with van der Waals surface area (Å²) in [5.74, 6) is -1.91. The minimum absolute atomic E-state index is 0.0714. The van der Waals surface area contributed by atoms with Gasteiger partial charge in [0, 0.05) is 18.9 Å². The van der Waals surface area contributed by atoms with Crippen LogP contribution in [0.25, 0.3) is 0 Å². The number of carbonyl (C=O) groups excluding carboxylic acids is 5. The molecular weight excluding hydrogens is 747 g/mol. The maximum Gasteiger partial charge on any atom is 0.412 e. The Hall–Kier alpha value is -5.16. The highest BCUT2D eigenvalue weighted by atomic mass is 32.2. The lowest BCUT2D eigenvalue weighted by Crippen LogP contribution is -2.55. The van der Waals surface area contributed by atoms with Crippen LogP contribution in [0.3, 0.4) is 0 Å². The summed E-state index contributed by atoms with van der Waals surface area (Å²) in [6, 6.07) is 13.3. The molecule has 0 bridgehead atoms. The van der Waals surface area contributed by atoms with Crippen LogP contribution >= 0.6 is 0 Å². The van der Waals surface area contributed by atoms with Gasteiger partial charge >= 0.3 is 12.2 Å². The third-order valence-electron chi connectivity index (χ3n) is 9.02. The first-order valence-corrected chi connectivity index (χ1v) is 20.2. The number of unbranched alkanes of at least 4 members (excludes halogenated alkanes) is 1. The summed E-state index contributed by atoms with van der Waals surface area (Å²) in [5.41, 5.74) is 5.15. The van der Waals surface area contributed by atoms with E-state index >= 15 is 0 Å². The van der Waals surface area contributed by atoms with Gasteiger partial charge in [-0.2, -0.15) is 0 Å². The van der Waals surface area contributed by atoms with Gasteiger partial charge in [0.2, 0.25) is 27.7 Å². The van der Waals surface area contributed by atoms with Crippen LogP contribution in [0.15, 0.2) is 66.7 Å². The quantitative estimate of drug-likeness (QED) is 0.120. The molecule has 17 heteroatoms. The maximum absolute atomic E-state index is 13.9. The van der Waals surface area contributed by atoms with Crippen LogP contribution in [-0.2, 0) is 38.6 Å². The third kappa shape index (κ3) is 13.5. The number of nitrogens with zero attached hydrogens (tertiary/aromatic N) is 1. The van der Waals surface area contributed by atoms with Crippen molar-refractivity contribution in [3.05, 3.63) is 66.7 Å². The van der Waals surface area contributed by atoms with Crippen molar-refractivity contribution in [1.29, 1.82) is 0 Å². The number of carbonyl (C=O) groups is 5. The van der Waals surface area contributed by atoms with Crippen LogP contribution in [0, 0.1) is 11.8 Å². The normalized spacial score (nSPS) is 18.7. The number of hydrogen-bond donors (Lipinski definition) is 4. The average Bonchev–Trinajstić information content (AvgIpc) is 3.91. The lowest BCUT2D eigenvalue weighted by Gasteiger charge is -2.28. The number of ether oxygens (including phenoxy) is 4. The first-order chi connectivity index (χ1) is 26.4. The molecule has 306 valence electrons. The van der Waals surface area contributed by atoms with Crippen LogP contribution < -0.4 is 25.8 Å². The second kappa shape index (κ2) is 19.6. The zero-order chi connectivity index (χ0) is 41.0. The number of para-hydroxylation sites is 3. The number of rotatable bonds is 18. The molecule has 0 aromatic heterocycles. The molecule has 2 aliphatic rings. The van der Waals surface area contributed by atoms with Crippen molar-refractivity contribution < 1.29 is 51.3 Å². The molecule has 5 atom stereocenters. The number of nitrogens with two attached hydrogens (primary N) is 1. The summed E-state index contributed by atoms with van der Waals surface area (Å²) in [6.45, 7) is 8.23. The van der Waals surface area contributed by atoms with E-state index in [9.17, 15) is 32.4 Å². The van der Waals surface area contributed by atoms with E-state index in [4.69, 9.17) is 24.7 Å². The summed E-state index contributed by atoms with van der Waals surface area (Å²) >= 11 is 0. The van der Waals surface area contributed by atoms with Crippen LogP contribution in [0.5, 0.6) is 11.5 Å². The minimum Gasteiger partial charge on any atom is -0.455 e. The first kappa shape index (κ1) is 43.6. The molecule has 0 unspecified atom stereocenters. The molecule has 4 rings (SSSR count). The number of benzene rings is 2. The average molecular weight is 800 g/mol. The molecule has 2 aromatic carbocycles. The first-order valence-electron chi connectivity index (χ1n) is 18.6. The van der Waals surface area contributed by atoms with Gasteiger partial charge in [0.1, 0.15) is 29.5 Å². The summed E-state index contributed by atoms with van der Waals surface area (Å²) in [6.07, 6.45) is 3.19. The van der Waals surface area contributed by atoms with Gasteiger partial charge in [0.05, 0.1) is 24.1 Å². The van der Waals surface area contributed by atoms with Gasteiger partial charge in [0.25, 0.3) is 0 Å². The fourth-order valence-electron chi connectivity index (χ4n) is 5.70. The second-order valence-corrected chi connectivity index (χ2v) is 16.9. The number of sulfonamides is 1. The Bertz CT molecular complexity index is 1830. The van der Waals surface area contributed by atoms with E-state index in [2.05, 4.69) is 15.4 Å². The van der Waals surface area contributed by atoms with E-state index in [1.165, 1.54) is 0 Å². The Kier molecular flexibility index (Phi) is 15.3. The Morgan fingerprint density at radius 1 is 0.982 bits per heavy atom. The SMILES string of the molecule is C[C@H](C(=O)NS(=O)(=O)C1CC1)[C@@H](C)/C=C\CCCOC[C@H](NC(=O)OC(C)(C)C)C(=O)N1C[C@H](OC(=O)Nc2ccccc2Oc2ccccc2)C[C@H]1C(N)=O. The lowest BCUT2D eigenvalue weighted by molar-refractivity contribution is -0.140. The fourth-order valence-corrected chi connectivity index (χ4v) is 7.09. The molecule has 0 radical (unpaired) electrons. The van der Waals surface area contributed by atoms with E-state index < -0.39 is 74.9 Å². The van der Waals surface area contributed by atoms with Crippen molar-refractivity contribution in [2.24, 2.45) is 17.6 Å². The van der Waals surface area contributed by atoms with Gasteiger partial charge in [0.15, 0.2) is 5.75 Å². The Labute approximate surface area is 327 Å². The number of hydrogen-bond acceptors (Lipinski definition) is 11. The molecule has 0 spiro atoms. The predicted octanol–water partition coefficient (Wildman–Crippen LogP) is 4.61. The Morgan fingerprint density at radius 2 is 1.66 bits per heavy atom. The summed E-state index contributed by atoms with van der Waals surface area (Å²) < 4.78 is 49.1. The van der Waals surface area contributed by atoms with Gasteiger partial charge < -0.3 is 34.9 Å². The molecule has 1 saturated heterocycles. The standard InChI is InChI=1S/C39H53N5O11S/c1-25(26(2)35(46)43-56(50,51)29-19-20-29)14-8-7-13-21-52-24-31(42-38(49)55-39(3,4)5)36(47)44-23-28(22-32(44)34(40)45)54-37(48)41-30-17-11-12-18-33(30)53-27-15-9-6-10-16-27/h6,8-12,14-18,25-26,28-29,31-32H,7,13,19-24H2,1-5H3,(H2,40,45)(H,41,48)(H,42,49)(H,43,46)/b14-8-/t25-,26-,28+,31-,32-/m0/s1. The molecule has 1 aliphatic carbocycles. The number of likely N-dealkylation sites (tertiary alicyclic amines) is 1.